The summed E-state index contributed by atoms with van der Waals surface area (Å²) in [5.41, 5.74) is 0.916. The van der Waals surface area contributed by atoms with Gasteiger partial charge in [0.2, 0.25) is 0 Å². The minimum absolute atomic E-state index is 0.0190. The van der Waals surface area contributed by atoms with E-state index in [0.717, 1.165) is 36.7 Å². The van der Waals surface area contributed by atoms with Crippen molar-refractivity contribution in [2.24, 2.45) is 0 Å². The molecule has 1 N–H and O–H groups in total. The van der Waals surface area contributed by atoms with Crippen LogP contribution in [0.3, 0.4) is 0 Å². The van der Waals surface area contributed by atoms with E-state index in [4.69, 9.17) is 4.42 Å². The van der Waals surface area contributed by atoms with Crippen LogP contribution in [0.25, 0.3) is 0 Å². The van der Waals surface area contributed by atoms with Crippen molar-refractivity contribution >= 4 is 5.91 Å². The molecule has 3 heterocycles. The Morgan fingerprint density at radius 1 is 1.43 bits per heavy atom. The molecule has 2 aromatic rings. The summed E-state index contributed by atoms with van der Waals surface area (Å²) in [5.74, 6) is 2.23. The van der Waals surface area contributed by atoms with Crippen LogP contribution in [0.5, 0.6) is 0 Å². The van der Waals surface area contributed by atoms with E-state index < -0.39 is 0 Å². The van der Waals surface area contributed by atoms with Gasteiger partial charge in [0.1, 0.15) is 11.6 Å². The first-order valence-electron chi connectivity index (χ1n) is 8.25. The zero-order chi connectivity index (χ0) is 16.4. The van der Waals surface area contributed by atoms with Crippen LogP contribution in [-0.4, -0.2) is 51.9 Å². The number of aryl methyl sites for hydroxylation is 2. The lowest BCUT2D eigenvalue weighted by atomic mass is 10.1. The van der Waals surface area contributed by atoms with E-state index in [9.17, 15) is 4.79 Å². The molecular weight excluding hydrogens is 292 g/mol. The molecule has 1 atom stereocenters. The van der Waals surface area contributed by atoms with Gasteiger partial charge in [0.05, 0.1) is 6.04 Å². The van der Waals surface area contributed by atoms with E-state index in [1.165, 1.54) is 0 Å². The third-order valence-electron chi connectivity index (χ3n) is 4.53. The summed E-state index contributed by atoms with van der Waals surface area (Å²) >= 11 is 0. The summed E-state index contributed by atoms with van der Waals surface area (Å²) in [4.78, 5) is 24.6. The molecule has 0 bridgehead atoms. The highest BCUT2D eigenvalue weighted by Crippen LogP contribution is 2.25. The topological polar surface area (TPSA) is 65.4 Å². The maximum atomic E-state index is 12.8. The normalized spacial score (nSPS) is 19.3. The predicted octanol–water partition coefficient (Wildman–Crippen LogP) is 2.39. The van der Waals surface area contributed by atoms with E-state index in [2.05, 4.69) is 21.8 Å². The Labute approximate surface area is 136 Å². The molecule has 1 aliphatic rings. The van der Waals surface area contributed by atoms with Gasteiger partial charge in [-0.25, -0.2) is 4.98 Å². The molecule has 1 saturated heterocycles. The van der Waals surface area contributed by atoms with Gasteiger partial charge in [-0.15, -0.1) is 0 Å². The number of hydrogen-bond donors (Lipinski definition) is 1. The number of nitrogens with zero attached hydrogens (tertiary/aromatic N) is 3. The van der Waals surface area contributed by atoms with Gasteiger partial charge in [0.15, 0.2) is 5.76 Å². The van der Waals surface area contributed by atoms with Gasteiger partial charge < -0.3 is 14.3 Å². The highest BCUT2D eigenvalue weighted by Gasteiger charge is 2.33. The number of furan rings is 1. The van der Waals surface area contributed by atoms with Crippen LogP contribution < -0.4 is 0 Å². The maximum Gasteiger partial charge on any atom is 0.289 e. The van der Waals surface area contributed by atoms with Gasteiger partial charge in [0.25, 0.3) is 5.91 Å². The standard InChI is InChI=1S/C17H24N4O2/c1-4-13-10-12(3)15(23-13)17(22)21-9-8-20(5-2)14(11-21)16-18-6-7-19-16/h6-7,10,14H,4-5,8-9,11H2,1-3H3,(H,18,19). The maximum absolute atomic E-state index is 12.8. The lowest BCUT2D eigenvalue weighted by Crippen LogP contribution is -2.50. The summed E-state index contributed by atoms with van der Waals surface area (Å²) in [5, 5.41) is 0. The molecule has 1 amide bonds. The van der Waals surface area contributed by atoms with Gasteiger partial charge in [-0.05, 0) is 19.5 Å². The average Bonchev–Trinajstić information content (AvgIpc) is 3.23. The van der Waals surface area contributed by atoms with Crippen molar-refractivity contribution < 1.29 is 9.21 Å². The Bertz CT molecular complexity index is 662. The van der Waals surface area contributed by atoms with E-state index >= 15 is 0 Å². The molecule has 23 heavy (non-hydrogen) atoms. The van der Waals surface area contributed by atoms with Crippen LogP contribution >= 0.6 is 0 Å². The first-order chi connectivity index (χ1) is 11.1. The van der Waals surface area contributed by atoms with E-state index in [1.807, 2.05) is 31.0 Å². The highest BCUT2D eigenvalue weighted by molar-refractivity contribution is 5.93. The third-order valence-corrected chi connectivity index (χ3v) is 4.53. The second-order valence-corrected chi connectivity index (χ2v) is 5.95. The molecule has 1 aliphatic heterocycles. The number of aromatic amines is 1. The van der Waals surface area contributed by atoms with Crippen molar-refractivity contribution in [3.05, 3.63) is 41.4 Å². The Morgan fingerprint density at radius 2 is 2.26 bits per heavy atom. The fourth-order valence-corrected chi connectivity index (χ4v) is 3.18. The SMILES string of the molecule is CCc1cc(C)c(C(=O)N2CCN(CC)C(c3ncc[nH]3)C2)o1. The Hall–Kier alpha value is -2.08. The highest BCUT2D eigenvalue weighted by atomic mass is 16.4. The Morgan fingerprint density at radius 3 is 2.87 bits per heavy atom. The van der Waals surface area contributed by atoms with Gasteiger partial charge in [-0.2, -0.15) is 0 Å². The molecule has 0 spiro atoms. The number of carbonyl (C=O) groups excluding carboxylic acids is 1. The molecule has 2 aromatic heterocycles. The summed E-state index contributed by atoms with van der Waals surface area (Å²) in [6, 6.07) is 2.06. The van der Waals surface area contributed by atoms with Crippen LogP contribution in [-0.2, 0) is 6.42 Å². The monoisotopic (exact) mass is 316 g/mol. The van der Waals surface area contributed by atoms with E-state index in [0.29, 0.717) is 18.8 Å². The quantitative estimate of drug-likeness (QED) is 0.940. The van der Waals surface area contributed by atoms with Crippen LogP contribution in [0.15, 0.2) is 22.9 Å². The molecule has 0 aromatic carbocycles. The smallest absolute Gasteiger partial charge is 0.289 e. The number of rotatable bonds is 4. The Kier molecular flexibility index (Phi) is 4.52. The van der Waals surface area contributed by atoms with Crippen molar-refractivity contribution in [2.45, 2.75) is 33.2 Å². The molecule has 1 fully saturated rings. The number of aromatic nitrogens is 2. The fourth-order valence-electron chi connectivity index (χ4n) is 3.18. The molecule has 0 radical (unpaired) electrons. The van der Waals surface area contributed by atoms with Crippen LogP contribution in [0, 0.1) is 6.92 Å². The number of hydrogen-bond acceptors (Lipinski definition) is 4. The van der Waals surface area contributed by atoms with Crippen molar-refractivity contribution in [1.82, 2.24) is 19.8 Å². The van der Waals surface area contributed by atoms with Gasteiger partial charge in [-0.3, -0.25) is 9.69 Å². The summed E-state index contributed by atoms with van der Waals surface area (Å²) < 4.78 is 5.73. The number of carbonyl (C=O) groups is 1. The first-order valence-corrected chi connectivity index (χ1v) is 8.25. The number of nitrogens with one attached hydrogen (secondary N) is 1. The Balaban J connectivity index is 1.80. The van der Waals surface area contributed by atoms with Crippen molar-refractivity contribution in [3.63, 3.8) is 0 Å². The number of amides is 1. The first kappa shape index (κ1) is 15.8. The number of piperazine rings is 1. The van der Waals surface area contributed by atoms with Gasteiger partial charge >= 0.3 is 0 Å². The molecule has 3 rings (SSSR count). The molecule has 124 valence electrons. The van der Waals surface area contributed by atoms with E-state index in [1.54, 1.807) is 6.20 Å². The summed E-state index contributed by atoms with van der Waals surface area (Å²) in [7, 11) is 0. The largest absolute Gasteiger partial charge is 0.456 e. The zero-order valence-electron chi connectivity index (χ0n) is 14.0. The lowest BCUT2D eigenvalue weighted by Gasteiger charge is -2.39. The second kappa shape index (κ2) is 6.58. The molecule has 6 nitrogen and oxygen atoms in total. The molecule has 0 aliphatic carbocycles. The van der Waals surface area contributed by atoms with Crippen LogP contribution in [0.4, 0.5) is 0 Å². The van der Waals surface area contributed by atoms with Crippen molar-refractivity contribution in [3.8, 4) is 0 Å². The zero-order valence-corrected chi connectivity index (χ0v) is 14.0. The molecule has 0 saturated carbocycles. The molecular formula is C17H24N4O2. The van der Waals surface area contributed by atoms with Gasteiger partial charge in [-0.1, -0.05) is 13.8 Å². The van der Waals surface area contributed by atoms with Crippen molar-refractivity contribution in [2.75, 3.05) is 26.2 Å². The van der Waals surface area contributed by atoms with Crippen molar-refractivity contribution in [1.29, 1.82) is 0 Å². The summed E-state index contributed by atoms with van der Waals surface area (Å²) in [6.07, 6.45) is 4.38. The number of H-pyrrole nitrogens is 1. The van der Waals surface area contributed by atoms with Crippen LogP contribution in [0.1, 0.15) is 47.6 Å². The fraction of sp³-hybridized carbons (Fsp3) is 0.529. The molecule has 6 heteroatoms. The lowest BCUT2D eigenvalue weighted by molar-refractivity contribution is 0.0451. The molecule has 1 unspecified atom stereocenters. The minimum Gasteiger partial charge on any atom is -0.456 e. The average molecular weight is 316 g/mol. The number of likely N-dealkylation sites (N-methyl/N-ethyl adjacent to an activating group) is 1. The van der Waals surface area contributed by atoms with E-state index in [-0.39, 0.29) is 11.9 Å². The predicted molar refractivity (Wildman–Crippen MR) is 87.3 cm³/mol. The second-order valence-electron chi connectivity index (χ2n) is 5.95. The number of imidazole rings is 1. The summed E-state index contributed by atoms with van der Waals surface area (Å²) in [6.45, 7) is 9.22. The minimum atomic E-state index is -0.0190. The van der Waals surface area contributed by atoms with Crippen LogP contribution in [0.2, 0.25) is 0 Å². The van der Waals surface area contributed by atoms with Gasteiger partial charge in [0, 0.05) is 44.0 Å². The third kappa shape index (κ3) is 3.03.